The number of nitrogens with one attached hydrogen (secondary N) is 1. The molecule has 5 nitrogen and oxygen atoms in total. The maximum absolute atomic E-state index is 12.8. The maximum Gasteiger partial charge on any atom is 0.264 e. The third-order valence-electron chi connectivity index (χ3n) is 5.02. The van der Waals surface area contributed by atoms with E-state index in [1.54, 1.807) is 11.3 Å². The molecule has 0 aromatic carbocycles. The molecule has 1 atom stereocenters. The highest BCUT2D eigenvalue weighted by molar-refractivity contribution is 7.14. The van der Waals surface area contributed by atoms with E-state index in [1.165, 1.54) is 16.9 Å². The number of amides is 2. The van der Waals surface area contributed by atoms with Gasteiger partial charge in [-0.15, -0.1) is 11.3 Å². The summed E-state index contributed by atoms with van der Waals surface area (Å²) in [4.78, 5) is 31.0. The lowest BCUT2D eigenvalue weighted by Crippen LogP contribution is -2.51. The summed E-state index contributed by atoms with van der Waals surface area (Å²) in [7, 11) is 0. The van der Waals surface area contributed by atoms with Crippen LogP contribution in [-0.4, -0.2) is 60.4 Å². The molecule has 2 heterocycles. The number of carbonyl (C=O) groups excluding carboxylic acids is 2. The molecule has 2 aliphatic rings. The lowest BCUT2D eigenvalue weighted by atomic mass is 9.90. The second kappa shape index (κ2) is 7.87. The van der Waals surface area contributed by atoms with Gasteiger partial charge in [-0.05, 0) is 50.7 Å². The van der Waals surface area contributed by atoms with Crippen LogP contribution < -0.4 is 5.32 Å². The van der Waals surface area contributed by atoms with Crippen molar-refractivity contribution in [2.24, 2.45) is 5.92 Å². The summed E-state index contributed by atoms with van der Waals surface area (Å²) in [5.41, 5.74) is 1.39. The second-order valence-electron chi connectivity index (χ2n) is 7.70. The second-order valence-corrected chi connectivity index (χ2v) is 8.83. The van der Waals surface area contributed by atoms with Crippen LogP contribution >= 0.6 is 11.3 Å². The van der Waals surface area contributed by atoms with Crippen LogP contribution in [0.4, 0.5) is 0 Å². The molecule has 1 saturated heterocycles. The minimum Gasteiger partial charge on any atom is -0.353 e. The zero-order chi connectivity index (χ0) is 18.0. The molecule has 0 spiro atoms. The van der Waals surface area contributed by atoms with E-state index in [-0.39, 0.29) is 17.9 Å². The van der Waals surface area contributed by atoms with Gasteiger partial charge in [-0.2, -0.15) is 0 Å². The summed E-state index contributed by atoms with van der Waals surface area (Å²) >= 11 is 1.69. The Morgan fingerprint density at radius 3 is 2.68 bits per heavy atom. The van der Waals surface area contributed by atoms with E-state index in [9.17, 15) is 9.59 Å². The standard InChI is InChI=1S/C19H29N3O2S/c1-13(2)20-18(23)12-21-6-8-22(9-7-21)19(24)17-11-15-10-14(3)4-5-16(15)25-17/h11,13-14H,4-10,12H2,1-3H3,(H,20,23). The number of nitrogens with zero attached hydrogens (tertiary/aromatic N) is 2. The van der Waals surface area contributed by atoms with Crippen LogP contribution in [0.15, 0.2) is 6.07 Å². The summed E-state index contributed by atoms with van der Waals surface area (Å²) in [6, 6.07) is 2.29. The zero-order valence-corrected chi connectivity index (χ0v) is 16.3. The Balaban J connectivity index is 1.53. The van der Waals surface area contributed by atoms with Crippen LogP contribution in [0.25, 0.3) is 0 Å². The highest BCUT2D eigenvalue weighted by Gasteiger charge is 2.26. The fourth-order valence-electron chi connectivity index (χ4n) is 3.65. The first-order valence-electron chi connectivity index (χ1n) is 9.35. The summed E-state index contributed by atoms with van der Waals surface area (Å²) < 4.78 is 0. The molecule has 1 aromatic rings. The normalized spacial score (nSPS) is 21.3. The number of rotatable bonds is 4. The number of fused-ring (bicyclic) bond motifs is 1. The zero-order valence-electron chi connectivity index (χ0n) is 15.5. The van der Waals surface area contributed by atoms with Crippen LogP contribution in [-0.2, 0) is 17.6 Å². The summed E-state index contributed by atoms with van der Waals surface area (Å²) in [6.45, 7) is 9.58. The minimum atomic E-state index is 0.0647. The van der Waals surface area contributed by atoms with Gasteiger partial charge in [0.1, 0.15) is 0 Å². The Bertz CT molecular complexity index is 633. The number of aryl methyl sites for hydroxylation is 1. The van der Waals surface area contributed by atoms with Gasteiger partial charge in [0.15, 0.2) is 0 Å². The first-order chi connectivity index (χ1) is 11.9. The van der Waals surface area contributed by atoms with Crippen LogP contribution in [0.3, 0.4) is 0 Å². The third-order valence-corrected chi connectivity index (χ3v) is 6.24. The Hall–Kier alpha value is -1.40. The first-order valence-corrected chi connectivity index (χ1v) is 10.2. The van der Waals surface area contributed by atoms with Crippen LogP contribution in [0.2, 0.25) is 0 Å². The number of carbonyl (C=O) groups is 2. The monoisotopic (exact) mass is 363 g/mol. The van der Waals surface area contributed by atoms with Gasteiger partial charge in [0.05, 0.1) is 11.4 Å². The molecule has 1 aliphatic carbocycles. The average molecular weight is 364 g/mol. The van der Waals surface area contributed by atoms with Crippen molar-refractivity contribution in [2.45, 2.75) is 46.1 Å². The molecule has 1 fully saturated rings. The fourth-order valence-corrected chi connectivity index (χ4v) is 4.82. The van der Waals surface area contributed by atoms with E-state index in [0.29, 0.717) is 19.6 Å². The van der Waals surface area contributed by atoms with Crippen molar-refractivity contribution in [3.8, 4) is 0 Å². The molecule has 0 bridgehead atoms. The first kappa shape index (κ1) is 18.4. The van der Waals surface area contributed by atoms with Crippen molar-refractivity contribution < 1.29 is 9.59 Å². The Morgan fingerprint density at radius 2 is 2.00 bits per heavy atom. The molecule has 25 heavy (non-hydrogen) atoms. The van der Waals surface area contributed by atoms with Crippen LogP contribution in [0.5, 0.6) is 0 Å². The van der Waals surface area contributed by atoms with Gasteiger partial charge in [-0.25, -0.2) is 0 Å². The summed E-state index contributed by atoms with van der Waals surface area (Å²) in [5, 5.41) is 2.92. The van der Waals surface area contributed by atoms with Crippen molar-refractivity contribution in [2.75, 3.05) is 32.7 Å². The topological polar surface area (TPSA) is 52.7 Å². The molecule has 2 amide bonds. The van der Waals surface area contributed by atoms with Gasteiger partial charge >= 0.3 is 0 Å². The molecule has 3 rings (SSSR count). The van der Waals surface area contributed by atoms with Gasteiger partial charge in [-0.1, -0.05) is 6.92 Å². The predicted molar refractivity (Wildman–Crippen MR) is 101 cm³/mol. The minimum absolute atomic E-state index is 0.0647. The van der Waals surface area contributed by atoms with E-state index in [4.69, 9.17) is 0 Å². The van der Waals surface area contributed by atoms with Gasteiger partial charge in [0.2, 0.25) is 5.91 Å². The quantitative estimate of drug-likeness (QED) is 0.892. The Labute approximate surface area is 154 Å². The van der Waals surface area contributed by atoms with Crippen molar-refractivity contribution in [3.63, 3.8) is 0 Å². The van der Waals surface area contributed by atoms with E-state index in [0.717, 1.165) is 36.7 Å². The van der Waals surface area contributed by atoms with E-state index in [1.807, 2.05) is 18.7 Å². The molecular weight excluding hydrogens is 334 g/mol. The van der Waals surface area contributed by atoms with E-state index >= 15 is 0 Å². The van der Waals surface area contributed by atoms with Crippen LogP contribution in [0, 0.1) is 5.92 Å². The number of hydrogen-bond acceptors (Lipinski definition) is 4. The third kappa shape index (κ3) is 4.61. The molecule has 1 unspecified atom stereocenters. The molecule has 0 saturated carbocycles. The highest BCUT2D eigenvalue weighted by Crippen LogP contribution is 2.32. The fraction of sp³-hybridized carbons (Fsp3) is 0.684. The molecule has 1 aliphatic heterocycles. The van der Waals surface area contributed by atoms with Gasteiger partial charge in [0, 0.05) is 37.1 Å². The number of thiophene rings is 1. The SMILES string of the molecule is CC1CCc2sc(C(=O)N3CCN(CC(=O)NC(C)C)CC3)cc2C1. The molecule has 0 radical (unpaired) electrons. The van der Waals surface area contributed by atoms with E-state index in [2.05, 4.69) is 23.2 Å². The average Bonchev–Trinajstić information content (AvgIpc) is 2.97. The van der Waals surface area contributed by atoms with Crippen molar-refractivity contribution in [1.29, 1.82) is 0 Å². The van der Waals surface area contributed by atoms with Gasteiger partial charge < -0.3 is 10.2 Å². The Kier molecular flexibility index (Phi) is 5.79. The summed E-state index contributed by atoms with van der Waals surface area (Å²) in [6.07, 6.45) is 3.46. The van der Waals surface area contributed by atoms with Gasteiger partial charge in [-0.3, -0.25) is 14.5 Å². The van der Waals surface area contributed by atoms with E-state index < -0.39 is 0 Å². The Morgan fingerprint density at radius 1 is 1.28 bits per heavy atom. The molecule has 1 aromatic heterocycles. The number of hydrogen-bond donors (Lipinski definition) is 1. The lowest BCUT2D eigenvalue weighted by molar-refractivity contribution is -0.123. The molecule has 1 N–H and O–H groups in total. The van der Waals surface area contributed by atoms with Crippen molar-refractivity contribution >= 4 is 23.2 Å². The van der Waals surface area contributed by atoms with Crippen molar-refractivity contribution in [1.82, 2.24) is 15.1 Å². The number of piperazine rings is 1. The summed E-state index contributed by atoms with van der Waals surface area (Å²) in [5.74, 6) is 0.957. The molecular formula is C19H29N3O2S. The highest BCUT2D eigenvalue weighted by atomic mass is 32.1. The lowest BCUT2D eigenvalue weighted by Gasteiger charge is -2.34. The van der Waals surface area contributed by atoms with Crippen LogP contribution in [0.1, 0.15) is 47.3 Å². The molecule has 138 valence electrons. The van der Waals surface area contributed by atoms with Gasteiger partial charge in [0.25, 0.3) is 5.91 Å². The largest absolute Gasteiger partial charge is 0.353 e. The van der Waals surface area contributed by atoms with Crippen molar-refractivity contribution in [3.05, 3.63) is 21.4 Å². The predicted octanol–water partition coefficient (Wildman–Crippen LogP) is 2.16. The molecule has 6 heteroatoms. The maximum atomic E-state index is 12.8. The smallest absolute Gasteiger partial charge is 0.264 e.